The van der Waals surface area contributed by atoms with Gasteiger partial charge in [-0.3, -0.25) is 4.68 Å². The summed E-state index contributed by atoms with van der Waals surface area (Å²) in [6.07, 6.45) is 8.23. The van der Waals surface area contributed by atoms with Crippen molar-refractivity contribution in [3.63, 3.8) is 0 Å². The molecule has 8 heteroatoms. The average molecular weight is 334 g/mol. The Labute approximate surface area is 134 Å². The van der Waals surface area contributed by atoms with E-state index in [9.17, 15) is 8.42 Å². The molecule has 7 nitrogen and oxygen atoms in total. The minimum atomic E-state index is -3.66. The molecule has 0 radical (unpaired) electrons. The first-order valence-corrected chi connectivity index (χ1v) is 8.56. The Bertz CT molecular complexity index is 927. The van der Waals surface area contributed by atoms with E-state index in [4.69, 9.17) is 4.74 Å². The predicted octanol–water partition coefficient (Wildman–Crippen LogP) is 1.79. The molecule has 3 aromatic heterocycles. The molecule has 23 heavy (non-hydrogen) atoms. The lowest BCUT2D eigenvalue weighted by atomic mass is 10.2. The molecule has 3 rings (SSSR count). The summed E-state index contributed by atoms with van der Waals surface area (Å²) >= 11 is 0. The maximum absolute atomic E-state index is 13.2. The molecule has 0 spiro atoms. The summed E-state index contributed by atoms with van der Waals surface area (Å²) in [6.45, 7) is 3.61. The van der Waals surface area contributed by atoms with Gasteiger partial charge in [0.15, 0.2) is 9.84 Å². The van der Waals surface area contributed by atoms with Gasteiger partial charge in [-0.2, -0.15) is 5.10 Å². The molecule has 0 aliphatic carbocycles. The molecule has 0 amide bonds. The van der Waals surface area contributed by atoms with E-state index < -0.39 is 14.6 Å². The minimum Gasteiger partial charge on any atom is -0.495 e. The second kappa shape index (κ2) is 5.38. The molecule has 0 aliphatic heterocycles. The van der Waals surface area contributed by atoms with Gasteiger partial charge >= 0.3 is 0 Å². The second-order valence-electron chi connectivity index (χ2n) is 5.87. The summed E-state index contributed by atoms with van der Waals surface area (Å²) in [6, 6.07) is 3.39. The zero-order chi connectivity index (χ0) is 16.7. The number of methoxy groups -OCH3 is 1. The van der Waals surface area contributed by atoms with Gasteiger partial charge in [0, 0.05) is 37.1 Å². The van der Waals surface area contributed by atoms with E-state index in [1.807, 2.05) is 0 Å². The number of rotatable bonds is 5. The Morgan fingerprint density at radius 1 is 1.26 bits per heavy atom. The first-order chi connectivity index (χ1) is 10.8. The molecule has 0 saturated heterocycles. The van der Waals surface area contributed by atoms with Crippen LogP contribution in [0.25, 0.3) is 5.65 Å². The molecule has 0 unspecified atom stereocenters. The zero-order valence-electron chi connectivity index (χ0n) is 13.2. The molecule has 0 aliphatic rings. The molecular weight excluding hydrogens is 316 g/mol. The number of nitrogens with zero attached hydrogens (tertiary/aromatic N) is 4. The zero-order valence-corrected chi connectivity index (χ0v) is 14.0. The van der Waals surface area contributed by atoms with Crippen LogP contribution in [0.1, 0.15) is 13.8 Å². The number of imidazole rings is 1. The molecule has 3 heterocycles. The largest absolute Gasteiger partial charge is 0.495 e. The average Bonchev–Trinajstić information content (AvgIpc) is 3.15. The molecule has 0 atom stereocenters. The van der Waals surface area contributed by atoms with Crippen molar-refractivity contribution in [2.45, 2.75) is 30.0 Å². The quantitative estimate of drug-likeness (QED) is 0.711. The van der Waals surface area contributed by atoms with Crippen molar-refractivity contribution in [1.29, 1.82) is 0 Å². The van der Waals surface area contributed by atoms with Gasteiger partial charge in [-0.25, -0.2) is 13.4 Å². The summed E-state index contributed by atoms with van der Waals surface area (Å²) in [5.74, 6) is 0.289. The lowest BCUT2D eigenvalue weighted by molar-refractivity contribution is 0.399. The van der Waals surface area contributed by atoms with Gasteiger partial charge in [0.1, 0.15) is 16.3 Å². The fourth-order valence-electron chi connectivity index (χ4n) is 2.45. The first-order valence-electron chi connectivity index (χ1n) is 7.08. The Morgan fingerprint density at radius 3 is 2.70 bits per heavy atom. The lowest BCUT2D eigenvalue weighted by Crippen LogP contribution is -2.37. The summed E-state index contributed by atoms with van der Waals surface area (Å²) in [7, 11) is -2.21. The van der Waals surface area contributed by atoms with Crippen LogP contribution in [0, 0.1) is 0 Å². The van der Waals surface area contributed by atoms with Crippen LogP contribution in [-0.2, 0) is 16.4 Å². The van der Waals surface area contributed by atoms with Crippen molar-refractivity contribution in [3.05, 3.63) is 43.1 Å². The lowest BCUT2D eigenvalue weighted by Gasteiger charge is -2.25. The smallest absolute Gasteiger partial charge is 0.190 e. The number of hydrogen-bond donors (Lipinski definition) is 0. The van der Waals surface area contributed by atoms with Crippen LogP contribution in [-0.4, -0.2) is 39.4 Å². The highest BCUT2D eigenvalue weighted by molar-refractivity contribution is 7.92. The van der Waals surface area contributed by atoms with Gasteiger partial charge < -0.3 is 9.14 Å². The fraction of sp³-hybridized carbons (Fsp3) is 0.333. The first kappa shape index (κ1) is 15.5. The maximum Gasteiger partial charge on any atom is 0.190 e. The fourth-order valence-corrected chi connectivity index (χ4v) is 4.01. The molecule has 0 N–H and O–H groups in total. The molecule has 3 aromatic rings. The molecule has 0 aromatic carbocycles. The Kier molecular flexibility index (Phi) is 3.63. The Morgan fingerprint density at radius 2 is 2.04 bits per heavy atom. The molecular formula is C15H18N4O3S. The van der Waals surface area contributed by atoms with E-state index in [0.717, 1.165) is 0 Å². The number of hydrogen-bond acceptors (Lipinski definition) is 5. The van der Waals surface area contributed by atoms with Crippen LogP contribution >= 0.6 is 0 Å². The van der Waals surface area contributed by atoms with Crippen LogP contribution in [0.5, 0.6) is 5.75 Å². The molecule has 0 fully saturated rings. The minimum absolute atomic E-state index is 0.141. The second-order valence-corrected chi connectivity index (χ2v) is 8.42. The number of sulfone groups is 1. The molecule has 0 bridgehead atoms. The van der Waals surface area contributed by atoms with Gasteiger partial charge in [-0.1, -0.05) is 0 Å². The third-order valence-electron chi connectivity index (χ3n) is 3.80. The number of fused-ring (bicyclic) bond motifs is 1. The van der Waals surface area contributed by atoms with Gasteiger partial charge in [-0.05, 0) is 19.9 Å². The predicted molar refractivity (Wildman–Crippen MR) is 85.2 cm³/mol. The highest BCUT2D eigenvalue weighted by atomic mass is 32.2. The van der Waals surface area contributed by atoms with Crippen molar-refractivity contribution >= 4 is 15.5 Å². The number of ether oxygens (including phenoxy) is 1. The highest BCUT2D eigenvalue weighted by Gasteiger charge is 2.38. The van der Waals surface area contributed by atoms with E-state index in [1.54, 1.807) is 66.0 Å². The van der Waals surface area contributed by atoms with E-state index in [2.05, 4.69) is 10.1 Å². The number of pyridine rings is 1. The Hall–Kier alpha value is -2.35. The molecule has 122 valence electrons. The normalized spacial score (nSPS) is 12.7. The summed E-state index contributed by atoms with van der Waals surface area (Å²) < 4.78 is 33.8. The molecule has 0 saturated carbocycles. The van der Waals surface area contributed by atoms with E-state index in [1.165, 1.54) is 7.11 Å². The summed E-state index contributed by atoms with van der Waals surface area (Å²) in [4.78, 5) is 4.29. The Balaban J connectivity index is 2.11. The van der Waals surface area contributed by atoms with Crippen LogP contribution in [0.4, 0.5) is 0 Å². The van der Waals surface area contributed by atoms with Crippen LogP contribution < -0.4 is 4.74 Å². The standard InChI is InChI=1S/C15H18N4O3S/c1-15(2,11-19-7-4-5-17-19)23(20,21)13-10-18-8-6-16-14(18)9-12(13)22-3/h4-10H,11H2,1-3H3. The van der Waals surface area contributed by atoms with Crippen molar-refractivity contribution in [2.75, 3.05) is 7.11 Å². The third kappa shape index (κ3) is 2.59. The van der Waals surface area contributed by atoms with Crippen molar-refractivity contribution in [2.24, 2.45) is 0 Å². The third-order valence-corrected chi connectivity index (χ3v) is 6.27. The van der Waals surface area contributed by atoms with Crippen LogP contribution in [0.3, 0.4) is 0 Å². The van der Waals surface area contributed by atoms with Gasteiger partial charge in [0.2, 0.25) is 0 Å². The van der Waals surface area contributed by atoms with E-state index in [-0.39, 0.29) is 17.2 Å². The van der Waals surface area contributed by atoms with E-state index in [0.29, 0.717) is 5.65 Å². The topological polar surface area (TPSA) is 78.5 Å². The van der Waals surface area contributed by atoms with Crippen molar-refractivity contribution < 1.29 is 13.2 Å². The van der Waals surface area contributed by atoms with Crippen molar-refractivity contribution in [1.82, 2.24) is 19.2 Å². The van der Waals surface area contributed by atoms with Crippen molar-refractivity contribution in [3.8, 4) is 5.75 Å². The van der Waals surface area contributed by atoms with Gasteiger partial charge in [-0.15, -0.1) is 0 Å². The van der Waals surface area contributed by atoms with Crippen LogP contribution in [0.15, 0.2) is 48.0 Å². The van der Waals surface area contributed by atoms with Gasteiger partial charge in [0.05, 0.1) is 18.4 Å². The van der Waals surface area contributed by atoms with Crippen LogP contribution in [0.2, 0.25) is 0 Å². The summed E-state index contributed by atoms with van der Waals surface area (Å²) in [5, 5.41) is 4.10. The maximum atomic E-state index is 13.2. The highest BCUT2D eigenvalue weighted by Crippen LogP contribution is 2.33. The SMILES string of the molecule is COc1cc2nccn2cc1S(=O)(=O)C(C)(C)Cn1cccn1. The number of aromatic nitrogens is 4. The monoisotopic (exact) mass is 334 g/mol. The van der Waals surface area contributed by atoms with Gasteiger partial charge in [0.25, 0.3) is 0 Å². The van der Waals surface area contributed by atoms with E-state index >= 15 is 0 Å². The summed E-state index contributed by atoms with van der Waals surface area (Å²) in [5.41, 5.74) is 0.630.